The van der Waals surface area contributed by atoms with E-state index in [0.717, 1.165) is 15.6 Å². The average Bonchev–Trinajstić information content (AvgIpc) is 3.01. The number of imide groups is 1. The van der Waals surface area contributed by atoms with Crippen LogP contribution in [0.25, 0.3) is 0 Å². The maximum atomic E-state index is 13.7. The fraction of sp³-hybridized carbons (Fsp3) is 0.167. The molecule has 2 amide bonds. The molecule has 3 aromatic carbocycles. The molecule has 1 fully saturated rings. The number of benzene rings is 3. The van der Waals surface area contributed by atoms with Gasteiger partial charge >= 0.3 is 0 Å². The molecule has 0 aromatic heterocycles. The highest BCUT2D eigenvalue weighted by molar-refractivity contribution is 9.10. The van der Waals surface area contributed by atoms with Gasteiger partial charge in [-0.15, -0.1) is 0 Å². The van der Waals surface area contributed by atoms with E-state index in [1.165, 1.54) is 4.90 Å². The number of nitrogens with zero attached hydrogens (tertiary/aromatic N) is 1. The summed E-state index contributed by atoms with van der Waals surface area (Å²) >= 11 is 16.5. The van der Waals surface area contributed by atoms with Gasteiger partial charge in [-0.2, -0.15) is 0 Å². The fourth-order valence-corrected chi connectivity index (χ4v) is 6.62. The van der Waals surface area contributed by atoms with Crippen molar-refractivity contribution in [2.75, 3.05) is 4.90 Å². The van der Waals surface area contributed by atoms with Crippen LogP contribution in [-0.2, 0) is 15.2 Å². The van der Waals surface area contributed by atoms with E-state index in [1.54, 1.807) is 48.5 Å². The molecule has 4 aliphatic rings. The third kappa shape index (κ3) is 2.30. The first-order valence-corrected chi connectivity index (χ1v) is 11.3. The van der Waals surface area contributed by atoms with E-state index in [4.69, 9.17) is 23.2 Å². The highest BCUT2D eigenvalue weighted by atomic mass is 79.9. The second-order valence-electron chi connectivity index (χ2n) is 8.14. The zero-order chi connectivity index (χ0) is 21.7. The molecule has 154 valence electrons. The Hall–Kier alpha value is -2.18. The smallest absolute Gasteiger partial charge is 0.241 e. The van der Waals surface area contributed by atoms with Crippen LogP contribution in [-0.4, -0.2) is 16.9 Å². The summed E-state index contributed by atoms with van der Waals surface area (Å²) < 4.78 is 0.838. The van der Waals surface area contributed by atoms with Gasteiger partial charge in [0.1, 0.15) is 5.60 Å². The number of hydrogen-bond donors (Lipinski definition) is 1. The molecule has 3 aromatic rings. The van der Waals surface area contributed by atoms with Gasteiger partial charge in [0.2, 0.25) is 11.8 Å². The molecule has 3 aliphatic carbocycles. The lowest BCUT2D eigenvalue weighted by Crippen LogP contribution is -2.54. The molecule has 4 nitrogen and oxygen atoms in total. The van der Waals surface area contributed by atoms with Gasteiger partial charge in [-0.25, -0.2) is 4.90 Å². The van der Waals surface area contributed by atoms with Gasteiger partial charge < -0.3 is 5.11 Å². The molecule has 7 heteroatoms. The number of halogens is 3. The van der Waals surface area contributed by atoms with Crippen LogP contribution >= 0.6 is 39.1 Å². The van der Waals surface area contributed by atoms with Crippen molar-refractivity contribution in [3.63, 3.8) is 0 Å². The SMILES string of the molecule is O=C1C2C3c4cccc(Cl)c4C(O)(c4c(Cl)cccc43)C2C(=O)N1c1ccc(Br)cc1. The lowest BCUT2D eigenvalue weighted by molar-refractivity contribution is -0.133. The average molecular weight is 515 g/mol. The van der Waals surface area contributed by atoms with Crippen molar-refractivity contribution < 1.29 is 14.7 Å². The molecule has 0 saturated carbocycles. The number of rotatable bonds is 1. The predicted molar refractivity (Wildman–Crippen MR) is 121 cm³/mol. The normalized spacial score (nSPS) is 27.9. The number of carbonyl (C=O) groups is 2. The maximum Gasteiger partial charge on any atom is 0.241 e. The monoisotopic (exact) mass is 513 g/mol. The molecule has 31 heavy (non-hydrogen) atoms. The minimum atomic E-state index is -1.79. The van der Waals surface area contributed by atoms with Crippen molar-refractivity contribution in [1.82, 2.24) is 0 Å². The molecular formula is C24H14BrCl2NO3. The van der Waals surface area contributed by atoms with E-state index in [0.29, 0.717) is 26.9 Å². The largest absolute Gasteiger partial charge is 0.379 e. The first kappa shape index (κ1) is 19.5. The summed E-state index contributed by atoms with van der Waals surface area (Å²) in [6.45, 7) is 0. The Kier molecular flexibility index (Phi) is 4.04. The lowest BCUT2D eigenvalue weighted by atomic mass is 9.52. The molecule has 0 radical (unpaired) electrons. The Morgan fingerprint density at radius 1 is 0.839 bits per heavy atom. The summed E-state index contributed by atoms with van der Waals surface area (Å²) in [4.78, 5) is 28.6. The second-order valence-corrected chi connectivity index (χ2v) is 9.87. The van der Waals surface area contributed by atoms with Crippen LogP contribution in [0.2, 0.25) is 10.0 Å². The minimum Gasteiger partial charge on any atom is -0.379 e. The molecule has 1 heterocycles. The van der Waals surface area contributed by atoms with E-state index < -0.39 is 29.3 Å². The van der Waals surface area contributed by atoms with Crippen molar-refractivity contribution in [2.24, 2.45) is 11.8 Å². The molecule has 2 unspecified atom stereocenters. The van der Waals surface area contributed by atoms with Crippen molar-refractivity contribution in [1.29, 1.82) is 0 Å². The quantitative estimate of drug-likeness (QED) is 0.451. The topological polar surface area (TPSA) is 57.6 Å². The second kappa shape index (κ2) is 6.42. The summed E-state index contributed by atoms with van der Waals surface area (Å²) in [5.41, 5.74) is 1.16. The molecule has 2 atom stereocenters. The summed E-state index contributed by atoms with van der Waals surface area (Å²) in [7, 11) is 0. The fourth-order valence-electron chi connectivity index (χ4n) is 5.71. The van der Waals surface area contributed by atoms with Gasteiger partial charge in [0.25, 0.3) is 0 Å². The minimum absolute atomic E-state index is 0.322. The van der Waals surface area contributed by atoms with Gasteiger partial charge in [-0.1, -0.05) is 63.4 Å². The number of hydrogen-bond acceptors (Lipinski definition) is 3. The lowest BCUT2D eigenvalue weighted by Gasteiger charge is -2.51. The van der Waals surface area contributed by atoms with Crippen molar-refractivity contribution in [3.8, 4) is 0 Å². The Bertz CT molecular complexity index is 1250. The Labute approximate surface area is 196 Å². The maximum absolute atomic E-state index is 13.7. The Balaban J connectivity index is 1.65. The zero-order valence-corrected chi connectivity index (χ0v) is 18.9. The molecular weight excluding hydrogens is 501 g/mol. The van der Waals surface area contributed by atoms with E-state index in [9.17, 15) is 14.7 Å². The van der Waals surface area contributed by atoms with Crippen molar-refractivity contribution in [3.05, 3.63) is 97.4 Å². The highest BCUT2D eigenvalue weighted by Crippen LogP contribution is 2.65. The van der Waals surface area contributed by atoms with E-state index >= 15 is 0 Å². The predicted octanol–water partition coefficient (Wildman–Crippen LogP) is 5.26. The van der Waals surface area contributed by atoms with Crippen LogP contribution in [0.15, 0.2) is 65.1 Å². The van der Waals surface area contributed by atoms with Crippen LogP contribution in [0.3, 0.4) is 0 Å². The zero-order valence-electron chi connectivity index (χ0n) is 15.9. The molecule has 0 spiro atoms. The van der Waals surface area contributed by atoms with E-state index in [2.05, 4.69) is 15.9 Å². The van der Waals surface area contributed by atoms with Crippen LogP contribution in [0, 0.1) is 11.8 Å². The summed E-state index contributed by atoms with van der Waals surface area (Å²) in [6.07, 6.45) is 0. The highest BCUT2D eigenvalue weighted by Gasteiger charge is 2.69. The number of aliphatic hydroxyl groups is 1. The molecule has 1 saturated heterocycles. The van der Waals surface area contributed by atoms with Gasteiger partial charge in [-0.3, -0.25) is 9.59 Å². The summed E-state index contributed by atoms with van der Waals surface area (Å²) in [5.74, 6) is -2.93. The van der Waals surface area contributed by atoms with Gasteiger partial charge in [0.05, 0.1) is 17.5 Å². The van der Waals surface area contributed by atoms with Crippen molar-refractivity contribution in [2.45, 2.75) is 11.5 Å². The van der Waals surface area contributed by atoms with Gasteiger partial charge in [-0.05, 0) is 47.5 Å². The van der Waals surface area contributed by atoms with Crippen LogP contribution < -0.4 is 4.90 Å². The summed E-state index contributed by atoms with van der Waals surface area (Å²) in [5, 5.41) is 13.0. The number of anilines is 1. The molecule has 1 N–H and O–H groups in total. The Morgan fingerprint density at radius 2 is 1.39 bits per heavy atom. The van der Waals surface area contributed by atoms with Gasteiger partial charge in [0.15, 0.2) is 0 Å². The first-order valence-electron chi connectivity index (χ1n) is 9.79. The molecule has 1 aliphatic heterocycles. The van der Waals surface area contributed by atoms with Gasteiger partial charge in [0, 0.05) is 31.6 Å². The molecule has 7 rings (SSSR count). The third-order valence-electron chi connectivity index (χ3n) is 6.77. The first-order chi connectivity index (χ1) is 14.9. The third-order valence-corrected chi connectivity index (χ3v) is 7.93. The van der Waals surface area contributed by atoms with E-state index in [1.807, 2.05) is 12.1 Å². The molecule has 2 bridgehead atoms. The van der Waals surface area contributed by atoms with E-state index in [-0.39, 0.29) is 5.91 Å². The Morgan fingerprint density at radius 3 is 1.94 bits per heavy atom. The van der Waals surface area contributed by atoms with Crippen molar-refractivity contribution >= 4 is 56.6 Å². The van der Waals surface area contributed by atoms with Crippen LogP contribution in [0.1, 0.15) is 28.2 Å². The standard InChI is InChI=1S/C24H14BrCl2NO3/c25-11-7-9-12(10-8-11)28-22(29)18-17-13-3-1-5-15(26)19(13)24(31,21(18)23(28)30)20-14(17)4-2-6-16(20)27/h1-10,17-18,21,31H. The number of amides is 2. The van der Waals surface area contributed by atoms with Crippen LogP contribution in [0.5, 0.6) is 0 Å². The number of carbonyl (C=O) groups excluding carboxylic acids is 2. The van der Waals surface area contributed by atoms with Crippen LogP contribution in [0.4, 0.5) is 5.69 Å². The summed E-state index contributed by atoms with van der Waals surface area (Å²) in [6, 6.07) is 17.7.